The van der Waals surface area contributed by atoms with Crippen LogP contribution in [0.4, 0.5) is 5.69 Å². The predicted molar refractivity (Wildman–Crippen MR) is 554 cm³/mol. The summed E-state index contributed by atoms with van der Waals surface area (Å²) in [5.41, 5.74) is 22.5. The number of piperazine rings is 1. The molecule has 5 aliphatic heterocycles. The average molecular weight is 1950 g/mol. The SMILES string of the molecule is CCN1CCC(c2ccc3nc(-c4ccc5nc(C)oc5c4)cc(=O)n3n2)CC1.Cc1cn2cc(-c3cc(=O)n4cc(N5CCN(C(C)C)[C@@H](C)C5)ccc4n3)cc(Cl)c2n1.Cc1cn2nc(-c3cc(=O)n4cc(C5CCNCC5)ncc4n3)cc2c(C)n1.Cc1nc2ccc(-c3cc(=O)n4nc(C5CCN(C)CC5)ccc4n3)cc2o1.Cc1nc2ccc(-c3cc(=O)n4nc(C5CCNCC5)ccc4n3)cc2o1. The molecule has 0 aliphatic carbocycles. The van der Waals surface area contributed by atoms with Gasteiger partial charge in [0.15, 0.2) is 62.7 Å². The number of imidazole rings is 1. The Balaban J connectivity index is 0.000000106. The molecule has 22 heterocycles. The fourth-order valence-electron chi connectivity index (χ4n) is 20.3. The molecule has 0 amide bonds. The summed E-state index contributed by atoms with van der Waals surface area (Å²) in [5.74, 6) is 3.40. The molecule has 36 nitrogen and oxygen atoms in total. The number of pyridine rings is 2. The first-order valence-electron chi connectivity index (χ1n) is 49.3. The van der Waals surface area contributed by atoms with Crippen molar-refractivity contribution in [2.24, 2.45) is 0 Å². The molecule has 5 fully saturated rings. The largest absolute Gasteiger partial charge is 0.441 e. The van der Waals surface area contributed by atoms with Gasteiger partial charge in [0, 0.05) is 154 Å². The van der Waals surface area contributed by atoms with Gasteiger partial charge < -0.3 is 43.0 Å². The van der Waals surface area contributed by atoms with Gasteiger partial charge in [0.1, 0.15) is 27.9 Å². The molecular formula is C107H111ClN28O8. The molecule has 1 atom stereocenters. The van der Waals surface area contributed by atoms with E-state index in [2.05, 4.69) is 141 Å². The lowest BCUT2D eigenvalue weighted by Gasteiger charge is -2.43. The first-order chi connectivity index (χ1) is 69.7. The van der Waals surface area contributed by atoms with Crippen LogP contribution in [0, 0.1) is 41.5 Å². The first-order valence-corrected chi connectivity index (χ1v) is 49.7. The third-order valence-electron chi connectivity index (χ3n) is 28.0. The van der Waals surface area contributed by atoms with Crippen LogP contribution in [-0.2, 0) is 0 Å². The summed E-state index contributed by atoms with van der Waals surface area (Å²) >= 11 is 6.43. The zero-order valence-corrected chi connectivity index (χ0v) is 83.0. The lowest BCUT2D eigenvalue weighted by Crippen LogP contribution is -2.54. The zero-order valence-electron chi connectivity index (χ0n) is 82.2. The first kappa shape index (κ1) is 95.0. The summed E-state index contributed by atoms with van der Waals surface area (Å²) in [6.07, 6.45) is 19.5. The Morgan fingerprint density at radius 1 is 0.410 bits per heavy atom. The number of halogens is 1. The van der Waals surface area contributed by atoms with Crippen molar-refractivity contribution in [2.45, 2.75) is 156 Å². The Labute approximate surface area is 830 Å². The monoisotopic (exact) mass is 1950 g/mol. The number of nitrogens with zero attached hydrogens (tertiary/aromatic N) is 26. The van der Waals surface area contributed by atoms with Gasteiger partial charge in [0.05, 0.1) is 96.9 Å². The minimum Gasteiger partial charge on any atom is -0.441 e. The van der Waals surface area contributed by atoms with Crippen molar-refractivity contribution < 1.29 is 13.3 Å². The molecule has 0 unspecified atom stereocenters. The van der Waals surface area contributed by atoms with Crippen LogP contribution in [0.1, 0.15) is 160 Å². The fraction of sp³-hybridized carbons (Fsp3) is 0.346. The van der Waals surface area contributed by atoms with Gasteiger partial charge in [-0.25, -0.2) is 49.4 Å². The van der Waals surface area contributed by atoms with Crippen LogP contribution in [-0.4, -0.2) is 219 Å². The number of nitrogens with one attached hydrogen (secondary N) is 2. The Bertz CT molecular complexity index is 8620. The molecule has 0 radical (unpaired) electrons. The maximum Gasteiger partial charge on any atom is 0.275 e. The van der Waals surface area contributed by atoms with Crippen LogP contribution in [0.25, 0.3) is 129 Å². The van der Waals surface area contributed by atoms with E-state index in [1.54, 1.807) is 25.6 Å². The van der Waals surface area contributed by atoms with Gasteiger partial charge in [-0.15, -0.1) is 0 Å². The number of oxazole rings is 3. The molecule has 734 valence electrons. The zero-order chi connectivity index (χ0) is 99.4. The van der Waals surface area contributed by atoms with Crippen molar-refractivity contribution in [3.63, 3.8) is 0 Å². The molecule has 20 aromatic rings. The normalized spacial score (nSPS) is 16.3. The molecule has 3 aromatic carbocycles. The van der Waals surface area contributed by atoms with Gasteiger partial charge in [-0.1, -0.05) is 36.7 Å². The van der Waals surface area contributed by atoms with Crippen molar-refractivity contribution in [1.29, 1.82) is 0 Å². The molecule has 37 heteroatoms. The third kappa shape index (κ3) is 20.1. The summed E-state index contributed by atoms with van der Waals surface area (Å²) in [5, 5.41) is 25.6. The smallest absolute Gasteiger partial charge is 0.275 e. The van der Waals surface area contributed by atoms with E-state index in [0.29, 0.717) is 143 Å². The number of aromatic nitrogens is 22. The Morgan fingerprint density at radius 2 is 0.861 bits per heavy atom. The van der Waals surface area contributed by atoms with Crippen LogP contribution in [0.5, 0.6) is 0 Å². The number of hydrogen-bond acceptors (Lipinski definition) is 29. The standard InChI is InChI=1S/C24H27ClN6O.C22H23N5O2.C21H21N5O2.C20H21N7O.C20H19N5O2/c1-15(2)30-8-7-28(12-17(30)4)19-5-6-22-27-21(10-23(32)31(22)14-19)18-9-20(25)24-26-16(3)11-29(24)13-18;1-3-26-10-8-15(9-11-26)17-6-7-21-24-19(13-22(28)27(21)25-17)16-4-5-18-20(12-16)29-14(2)23-18;1-13-22-17-4-3-15(11-19(17)28-13)18-12-21(27)26-20(23-18)6-5-16(24-26)14-7-9-25(2)10-8-14;1-12-10-27-18(13(2)23-12)7-16(25-27)15-8-20(28)26-11-17(22-9-19(26)24-15)14-3-5-21-6-4-14;1-12-22-16-3-2-14(10-18(16)27-12)17-11-20(26)25-19(23-17)5-4-15(24-25)13-6-8-21-9-7-13/h5-6,9-11,13-15,17H,7-8,12H2,1-4H3;4-7,12-13,15H,3,8-11H2,1-2H3;3-6,11-12,14H,7-10H2,1-2H3;7-11,14,21H,3-6H2,1-2H3;2-5,10-11,13,21H,6-9H2,1H3/t17-;;;;/m0..../s1. The summed E-state index contributed by atoms with van der Waals surface area (Å²) in [7, 11) is 2.14. The van der Waals surface area contributed by atoms with Gasteiger partial charge >= 0.3 is 0 Å². The molecule has 5 saturated heterocycles. The average Bonchev–Trinajstić information content (AvgIpc) is 1.60. The molecule has 2 N–H and O–H groups in total. The number of fused-ring (bicyclic) bond motifs is 10. The number of benzene rings is 3. The maximum absolute atomic E-state index is 13.0. The number of likely N-dealkylation sites (tertiary alicyclic amines) is 2. The molecule has 0 bridgehead atoms. The van der Waals surface area contributed by atoms with E-state index in [0.717, 1.165) is 220 Å². The van der Waals surface area contributed by atoms with Crippen LogP contribution in [0.15, 0.2) is 220 Å². The van der Waals surface area contributed by atoms with Crippen molar-refractivity contribution in [3.05, 3.63) is 297 Å². The van der Waals surface area contributed by atoms with Gasteiger partial charge in [-0.3, -0.25) is 47.6 Å². The van der Waals surface area contributed by atoms with Crippen molar-refractivity contribution >= 4 is 90.0 Å². The van der Waals surface area contributed by atoms with E-state index >= 15 is 0 Å². The molecular weight excluding hydrogens is 1840 g/mol. The molecule has 0 spiro atoms. The predicted octanol–water partition coefficient (Wildman–Crippen LogP) is 14.9. The lowest BCUT2D eigenvalue weighted by molar-refractivity contribution is 0.148. The highest BCUT2D eigenvalue weighted by Gasteiger charge is 2.30. The highest BCUT2D eigenvalue weighted by atomic mass is 35.5. The lowest BCUT2D eigenvalue weighted by atomic mass is 9.93. The second-order valence-electron chi connectivity index (χ2n) is 38.4. The fourth-order valence-corrected chi connectivity index (χ4v) is 20.6. The van der Waals surface area contributed by atoms with Crippen LogP contribution < -0.4 is 43.3 Å². The number of hydrogen-bond donors (Lipinski definition) is 2. The maximum atomic E-state index is 13.0. The highest BCUT2D eigenvalue weighted by molar-refractivity contribution is 6.33. The Morgan fingerprint density at radius 3 is 1.37 bits per heavy atom. The van der Waals surface area contributed by atoms with E-state index in [1.165, 1.54) is 37.8 Å². The second kappa shape index (κ2) is 40.3. The number of piperidine rings is 4. The minimum absolute atomic E-state index is 0.112. The van der Waals surface area contributed by atoms with E-state index in [4.69, 9.17) is 29.8 Å². The highest BCUT2D eigenvalue weighted by Crippen LogP contribution is 2.35. The van der Waals surface area contributed by atoms with Gasteiger partial charge in [-0.2, -0.15) is 33.9 Å². The number of rotatable bonds is 12. The molecule has 5 aliphatic rings. The third-order valence-corrected chi connectivity index (χ3v) is 28.2. The second-order valence-corrected chi connectivity index (χ2v) is 38.8. The van der Waals surface area contributed by atoms with Crippen molar-refractivity contribution in [3.8, 4) is 56.4 Å². The number of aryl methyl sites for hydroxylation is 6. The summed E-state index contributed by atoms with van der Waals surface area (Å²) < 4.78 is 27.9. The molecule has 17 aromatic heterocycles. The van der Waals surface area contributed by atoms with E-state index in [-0.39, 0.29) is 27.8 Å². The van der Waals surface area contributed by atoms with Gasteiger partial charge in [0.25, 0.3) is 27.8 Å². The quantitative estimate of drug-likeness (QED) is 0.115. The van der Waals surface area contributed by atoms with Crippen molar-refractivity contribution in [2.75, 3.05) is 90.5 Å². The van der Waals surface area contributed by atoms with Crippen LogP contribution >= 0.6 is 11.6 Å². The molecule has 25 rings (SSSR count). The Kier molecular flexibility index (Phi) is 26.6. The topological polar surface area (TPSA) is 386 Å². The summed E-state index contributed by atoms with van der Waals surface area (Å²) in [6.45, 7) is 32.4. The van der Waals surface area contributed by atoms with E-state index < -0.39 is 0 Å². The van der Waals surface area contributed by atoms with Gasteiger partial charge in [0.2, 0.25) is 0 Å². The van der Waals surface area contributed by atoms with Gasteiger partial charge in [-0.05, 0) is 256 Å². The van der Waals surface area contributed by atoms with E-state index in [1.807, 2.05) is 186 Å². The number of anilines is 1. The van der Waals surface area contributed by atoms with Crippen LogP contribution in [0.2, 0.25) is 5.02 Å². The van der Waals surface area contributed by atoms with E-state index in [9.17, 15) is 24.0 Å². The van der Waals surface area contributed by atoms with Crippen molar-refractivity contribution in [1.82, 2.24) is 132 Å². The Hall–Kier alpha value is -15.2. The minimum atomic E-state index is -0.181. The molecule has 144 heavy (non-hydrogen) atoms. The molecule has 0 saturated carbocycles. The van der Waals surface area contributed by atoms with Crippen LogP contribution in [0.3, 0.4) is 0 Å². The summed E-state index contributed by atoms with van der Waals surface area (Å²) in [6, 6.07) is 45.0. The summed E-state index contributed by atoms with van der Waals surface area (Å²) in [4.78, 5) is 123.